The van der Waals surface area contributed by atoms with Crippen molar-refractivity contribution in [2.45, 2.75) is 32.6 Å². The normalized spacial score (nSPS) is 36.9. The van der Waals surface area contributed by atoms with Crippen molar-refractivity contribution >= 4 is 6.29 Å². The summed E-state index contributed by atoms with van der Waals surface area (Å²) in [4.78, 5) is 10.2. The smallest absolute Gasteiger partial charge is 0.143 e. The van der Waals surface area contributed by atoms with Crippen molar-refractivity contribution in [2.75, 3.05) is 0 Å². The van der Waals surface area contributed by atoms with Crippen LogP contribution in [0.1, 0.15) is 32.6 Å². The van der Waals surface area contributed by atoms with E-state index >= 15 is 0 Å². The quantitative estimate of drug-likeness (QED) is 0.379. The summed E-state index contributed by atoms with van der Waals surface area (Å²) in [5.74, 6) is 2.74. The van der Waals surface area contributed by atoms with E-state index in [1.54, 1.807) is 6.08 Å². The average Bonchev–Trinajstić information content (AvgIpc) is 2.76. The van der Waals surface area contributed by atoms with Crippen molar-refractivity contribution in [3.63, 3.8) is 0 Å². The topological polar surface area (TPSA) is 17.1 Å². The fraction of sp³-hybridized carbons (Fsp3) is 0.615. The highest BCUT2D eigenvalue weighted by Crippen LogP contribution is 2.48. The van der Waals surface area contributed by atoms with Gasteiger partial charge >= 0.3 is 0 Å². The van der Waals surface area contributed by atoms with Crippen molar-refractivity contribution in [1.82, 2.24) is 0 Å². The molecular formula is C13H18O. The Morgan fingerprint density at radius 1 is 1.29 bits per heavy atom. The van der Waals surface area contributed by atoms with Gasteiger partial charge in [0, 0.05) is 0 Å². The lowest BCUT2D eigenvalue weighted by molar-refractivity contribution is -0.104. The Hall–Kier alpha value is -0.850. The number of hydrogen-bond acceptors (Lipinski definition) is 1. The Morgan fingerprint density at radius 2 is 2.14 bits per heavy atom. The van der Waals surface area contributed by atoms with Crippen LogP contribution in [0.5, 0.6) is 0 Å². The second kappa shape index (κ2) is 4.12. The van der Waals surface area contributed by atoms with Gasteiger partial charge in [-0.2, -0.15) is 0 Å². The molecule has 2 saturated carbocycles. The highest BCUT2D eigenvalue weighted by Gasteiger charge is 2.37. The minimum Gasteiger partial charge on any atom is -0.299 e. The molecule has 0 aromatic carbocycles. The number of allylic oxidation sites excluding steroid dienone is 4. The number of hydrogen-bond donors (Lipinski definition) is 0. The molecule has 2 aliphatic rings. The number of carbonyl (C=O) groups is 1. The highest BCUT2D eigenvalue weighted by molar-refractivity contribution is 5.66. The predicted octanol–water partition coefficient (Wildman–Crippen LogP) is 3.12. The van der Waals surface area contributed by atoms with Gasteiger partial charge < -0.3 is 0 Å². The summed E-state index contributed by atoms with van der Waals surface area (Å²) in [7, 11) is 0. The van der Waals surface area contributed by atoms with Gasteiger partial charge in [0.15, 0.2) is 0 Å². The van der Waals surface area contributed by atoms with Crippen LogP contribution in [-0.2, 0) is 4.79 Å². The Morgan fingerprint density at radius 3 is 2.71 bits per heavy atom. The van der Waals surface area contributed by atoms with Gasteiger partial charge in [-0.3, -0.25) is 4.79 Å². The minimum absolute atomic E-state index is 0.795. The van der Waals surface area contributed by atoms with E-state index in [2.05, 4.69) is 12.2 Å². The van der Waals surface area contributed by atoms with Crippen molar-refractivity contribution < 1.29 is 4.79 Å². The van der Waals surface area contributed by atoms with Crippen molar-refractivity contribution in [2.24, 2.45) is 17.8 Å². The zero-order valence-electron chi connectivity index (χ0n) is 8.78. The average molecular weight is 190 g/mol. The van der Waals surface area contributed by atoms with E-state index in [0.29, 0.717) is 0 Å². The van der Waals surface area contributed by atoms with Gasteiger partial charge in [-0.1, -0.05) is 18.6 Å². The summed E-state index contributed by atoms with van der Waals surface area (Å²) in [5, 5.41) is 0. The maximum atomic E-state index is 10.2. The molecule has 0 N–H and O–H groups in total. The van der Waals surface area contributed by atoms with Crippen molar-refractivity contribution in [3.8, 4) is 0 Å². The molecule has 0 unspecified atom stereocenters. The molecule has 0 aliphatic heterocycles. The van der Waals surface area contributed by atoms with Gasteiger partial charge in [0.2, 0.25) is 0 Å². The molecule has 0 amide bonds. The van der Waals surface area contributed by atoms with Gasteiger partial charge in [-0.15, -0.1) is 0 Å². The monoisotopic (exact) mass is 190 g/mol. The third-order valence-corrected chi connectivity index (χ3v) is 3.73. The van der Waals surface area contributed by atoms with E-state index in [1.165, 1.54) is 25.7 Å². The Labute approximate surface area is 85.9 Å². The second-order valence-corrected chi connectivity index (χ2v) is 4.74. The number of aldehydes is 1. The van der Waals surface area contributed by atoms with E-state index in [9.17, 15) is 4.79 Å². The summed E-state index contributed by atoms with van der Waals surface area (Å²) in [6.07, 6.45) is 12.6. The molecule has 2 aliphatic carbocycles. The van der Waals surface area contributed by atoms with Crippen LogP contribution in [0.3, 0.4) is 0 Å². The van der Waals surface area contributed by atoms with Gasteiger partial charge in [0.1, 0.15) is 6.29 Å². The van der Waals surface area contributed by atoms with Gasteiger partial charge in [0.05, 0.1) is 0 Å². The molecule has 0 spiro atoms. The summed E-state index contributed by atoms with van der Waals surface area (Å²) in [5.41, 5.74) is 1.07. The van der Waals surface area contributed by atoms with E-state index in [1.807, 2.05) is 6.92 Å². The Kier molecular flexibility index (Phi) is 2.85. The lowest BCUT2D eigenvalue weighted by Crippen LogP contribution is -2.06. The van der Waals surface area contributed by atoms with Crippen molar-refractivity contribution in [3.05, 3.63) is 23.8 Å². The molecule has 2 bridgehead atoms. The zero-order chi connectivity index (χ0) is 9.97. The van der Waals surface area contributed by atoms with Crippen molar-refractivity contribution in [1.29, 1.82) is 0 Å². The first kappa shape index (κ1) is 9.70. The highest BCUT2D eigenvalue weighted by atomic mass is 16.1. The molecule has 0 aromatic rings. The lowest BCUT2D eigenvalue weighted by atomic mass is 9.88. The Balaban J connectivity index is 1.92. The molecule has 1 nitrogen and oxygen atoms in total. The van der Waals surface area contributed by atoms with Crippen LogP contribution in [0.25, 0.3) is 0 Å². The zero-order valence-corrected chi connectivity index (χ0v) is 8.78. The lowest BCUT2D eigenvalue weighted by Gasteiger charge is -2.17. The van der Waals surface area contributed by atoms with E-state index in [4.69, 9.17) is 0 Å². The standard InChI is InChI=1S/C13H18O/c1-10(6-7-14)2-4-12-8-11-3-5-13(12)9-11/h2,4,6-7,11-13H,3,5,8-9H2,1H3/b4-2+,10-6+/t11-,12-,13-/m1/s1. The van der Waals surface area contributed by atoms with Crippen LogP contribution >= 0.6 is 0 Å². The van der Waals surface area contributed by atoms with E-state index in [-0.39, 0.29) is 0 Å². The molecular weight excluding hydrogens is 172 g/mol. The largest absolute Gasteiger partial charge is 0.299 e. The molecule has 2 rings (SSSR count). The van der Waals surface area contributed by atoms with Crippen LogP contribution in [0.15, 0.2) is 23.8 Å². The van der Waals surface area contributed by atoms with Crippen LogP contribution in [0.2, 0.25) is 0 Å². The number of carbonyl (C=O) groups excluding carboxylic acids is 1. The first-order valence-corrected chi connectivity index (χ1v) is 5.60. The fourth-order valence-electron chi connectivity index (χ4n) is 2.97. The first-order chi connectivity index (χ1) is 6.79. The first-order valence-electron chi connectivity index (χ1n) is 5.60. The van der Waals surface area contributed by atoms with Crippen LogP contribution in [0, 0.1) is 17.8 Å². The maximum Gasteiger partial charge on any atom is 0.143 e. The second-order valence-electron chi connectivity index (χ2n) is 4.74. The molecule has 0 saturated heterocycles. The summed E-state index contributed by atoms with van der Waals surface area (Å²) < 4.78 is 0. The third-order valence-electron chi connectivity index (χ3n) is 3.73. The van der Waals surface area contributed by atoms with Crippen LogP contribution in [0.4, 0.5) is 0 Å². The molecule has 0 aromatic heterocycles. The predicted molar refractivity (Wildman–Crippen MR) is 57.9 cm³/mol. The third kappa shape index (κ3) is 1.97. The van der Waals surface area contributed by atoms with Crippen LogP contribution in [-0.4, -0.2) is 6.29 Å². The molecule has 1 heteroatoms. The SMILES string of the molecule is CC(/C=C/[C@@H]1C[C@H]2CC[C@@H]1C2)=C\C=O. The fourth-order valence-corrected chi connectivity index (χ4v) is 2.97. The van der Waals surface area contributed by atoms with E-state index in [0.717, 1.165) is 29.6 Å². The van der Waals surface area contributed by atoms with Gasteiger partial charge in [-0.25, -0.2) is 0 Å². The molecule has 3 atom stereocenters. The molecule has 2 fully saturated rings. The van der Waals surface area contributed by atoms with Gasteiger partial charge in [-0.05, 0) is 55.6 Å². The number of rotatable bonds is 3. The van der Waals surface area contributed by atoms with Gasteiger partial charge in [0.25, 0.3) is 0 Å². The summed E-state index contributed by atoms with van der Waals surface area (Å²) >= 11 is 0. The molecule has 76 valence electrons. The molecule has 14 heavy (non-hydrogen) atoms. The maximum absolute atomic E-state index is 10.2. The number of fused-ring (bicyclic) bond motifs is 2. The summed E-state index contributed by atoms with van der Waals surface area (Å²) in [6, 6.07) is 0. The molecule has 0 heterocycles. The van der Waals surface area contributed by atoms with E-state index < -0.39 is 0 Å². The summed E-state index contributed by atoms with van der Waals surface area (Å²) in [6.45, 7) is 1.98. The minimum atomic E-state index is 0.795. The Bertz CT molecular complexity index is 275. The molecule has 0 radical (unpaired) electrons. The van der Waals surface area contributed by atoms with Crippen LogP contribution < -0.4 is 0 Å².